The second-order valence-corrected chi connectivity index (χ2v) is 11.1. The molecule has 2 aromatic rings. The van der Waals surface area contributed by atoms with E-state index >= 15 is 0 Å². The third-order valence-corrected chi connectivity index (χ3v) is 8.97. The van der Waals surface area contributed by atoms with E-state index in [1.165, 1.54) is 4.90 Å². The number of anilines is 1. The Kier molecular flexibility index (Phi) is 7.88. The van der Waals surface area contributed by atoms with E-state index in [1.54, 1.807) is 31.4 Å². The van der Waals surface area contributed by atoms with Crippen LogP contribution < -0.4 is 15.4 Å². The molecule has 2 bridgehead atoms. The summed E-state index contributed by atoms with van der Waals surface area (Å²) in [4.78, 5) is 43.7. The molecule has 9 heteroatoms. The number of nitrogens with one attached hydrogen (secondary N) is 2. The van der Waals surface area contributed by atoms with Gasteiger partial charge in [0.15, 0.2) is 0 Å². The van der Waals surface area contributed by atoms with Gasteiger partial charge < -0.3 is 30.1 Å². The van der Waals surface area contributed by atoms with Crippen molar-refractivity contribution in [2.24, 2.45) is 11.8 Å². The van der Waals surface area contributed by atoms with Crippen LogP contribution in [-0.4, -0.2) is 71.3 Å². The lowest BCUT2D eigenvalue weighted by Gasteiger charge is -2.37. The minimum atomic E-state index is -1.16. The quantitative estimate of drug-likeness (QED) is 0.397. The van der Waals surface area contributed by atoms with E-state index in [2.05, 4.69) is 10.6 Å². The molecule has 3 heterocycles. The van der Waals surface area contributed by atoms with Gasteiger partial charge in [-0.2, -0.15) is 0 Å². The lowest BCUT2D eigenvalue weighted by atomic mass is 9.65. The molecule has 3 amide bonds. The summed E-state index contributed by atoms with van der Waals surface area (Å²) in [5, 5.41) is 16.5. The number of carbonyl (C=O) groups excluding carboxylic acids is 3. The van der Waals surface area contributed by atoms with Gasteiger partial charge in [0.2, 0.25) is 17.7 Å². The van der Waals surface area contributed by atoms with Gasteiger partial charge in [-0.3, -0.25) is 14.4 Å². The van der Waals surface area contributed by atoms with Crippen LogP contribution in [0.4, 0.5) is 5.69 Å². The fourth-order valence-electron chi connectivity index (χ4n) is 7.13. The van der Waals surface area contributed by atoms with E-state index in [0.717, 1.165) is 12.0 Å². The van der Waals surface area contributed by atoms with Crippen LogP contribution in [-0.2, 0) is 25.5 Å². The van der Waals surface area contributed by atoms with Gasteiger partial charge in [-0.1, -0.05) is 44.2 Å². The summed E-state index contributed by atoms with van der Waals surface area (Å²) in [6, 6.07) is 14.9. The van der Waals surface area contributed by atoms with E-state index in [9.17, 15) is 19.5 Å². The Hall–Kier alpha value is -3.43. The minimum absolute atomic E-state index is 0.205. The van der Waals surface area contributed by atoms with Crippen LogP contribution >= 0.6 is 0 Å². The molecule has 40 heavy (non-hydrogen) atoms. The number of amides is 3. The molecule has 3 saturated heterocycles. The first-order chi connectivity index (χ1) is 19.3. The smallest absolute Gasteiger partial charge is 0.250 e. The topological polar surface area (TPSA) is 117 Å². The maximum atomic E-state index is 14.4. The van der Waals surface area contributed by atoms with Crippen LogP contribution in [0.15, 0.2) is 54.6 Å². The number of ether oxygens (including phenoxy) is 2. The van der Waals surface area contributed by atoms with Crippen LogP contribution in [0.1, 0.15) is 45.1 Å². The van der Waals surface area contributed by atoms with Crippen LogP contribution in [0.5, 0.6) is 5.75 Å². The molecule has 0 aromatic heterocycles. The van der Waals surface area contributed by atoms with Crippen molar-refractivity contribution < 1.29 is 29.0 Å². The summed E-state index contributed by atoms with van der Waals surface area (Å²) in [6.45, 7) is 4.12. The first kappa shape index (κ1) is 28.1. The Morgan fingerprint density at radius 2 is 1.82 bits per heavy atom. The number of hydrogen-bond donors (Lipinski definition) is 3. The largest absolute Gasteiger partial charge is 0.497 e. The van der Waals surface area contributed by atoms with Gasteiger partial charge in [0, 0.05) is 12.2 Å². The summed E-state index contributed by atoms with van der Waals surface area (Å²) in [5.74, 6) is -1.77. The molecular formula is C31H39N3O6. The summed E-state index contributed by atoms with van der Waals surface area (Å²) in [6.07, 6.45) is 2.76. The van der Waals surface area contributed by atoms with Crippen molar-refractivity contribution >= 4 is 23.4 Å². The molecule has 0 saturated carbocycles. The molecule has 6 atom stereocenters. The Bertz CT molecular complexity index is 1240. The Labute approximate surface area is 235 Å². The number of carbonyl (C=O) groups is 3. The first-order valence-corrected chi connectivity index (χ1v) is 14.2. The molecule has 3 fully saturated rings. The number of likely N-dealkylation sites (tertiary alicyclic amines) is 1. The summed E-state index contributed by atoms with van der Waals surface area (Å²) >= 11 is 0. The van der Waals surface area contributed by atoms with E-state index in [1.807, 2.05) is 44.2 Å². The van der Waals surface area contributed by atoms with Crippen molar-refractivity contribution in [2.75, 3.05) is 25.6 Å². The molecule has 0 aliphatic carbocycles. The molecule has 5 rings (SSSR count). The van der Waals surface area contributed by atoms with Crippen molar-refractivity contribution in [1.82, 2.24) is 10.2 Å². The molecule has 9 nitrogen and oxygen atoms in total. The van der Waals surface area contributed by atoms with E-state index in [0.29, 0.717) is 43.7 Å². The van der Waals surface area contributed by atoms with Gasteiger partial charge in [-0.05, 0) is 61.9 Å². The van der Waals surface area contributed by atoms with Crippen molar-refractivity contribution in [3.63, 3.8) is 0 Å². The Morgan fingerprint density at radius 3 is 2.45 bits per heavy atom. The average molecular weight is 550 g/mol. The number of hydrogen-bond acceptors (Lipinski definition) is 6. The molecule has 2 aromatic carbocycles. The van der Waals surface area contributed by atoms with Gasteiger partial charge in [-0.25, -0.2) is 0 Å². The third kappa shape index (κ3) is 4.55. The average Bonchev–Trinajstić information content (AvgIpc) is 3.59. The number of aliphatic hydroxyl groups excluding tert-OH is 1. The predicted molar refractivity (Wildman–Crippen MR) is 150 cm³/mol. The summed E-state index contributed by atoms with van der Waals surface area (Å²) in [5.41, 5.74) is -0.485. The molecule has 2 unspecified atom stereocenters. The zero-order valence-corrected chi connectivity index (χ0v) is 23.4. The van der Waals surface area contributed by atoms with Crippen molar-refractivity contribution in [3.05, 3.63) is 60.2 Å². The lowest BCUT2D eigenvalue weighted by Crippen LogP contribution is -2.57. The monoisotopic (exact) mass is 549 g/mol. The normalized spacial score (nSPS) is 29.2. The van der Waals surface area contributed by atoms with Gasteiger partial charge in [0.05, 0.1) is 37.2 Å². The number of fused-ring (bicyclic) bond motifs is 1. The fourth-order valence-corrected chi connectivity index (χ4v) is 7.13. The number of methoxy groups -OCH3 is 1. The number of benzene rings is 2. The molecule has 214 valence electrons. The van der Waals surface area contributed by atoms with Crippen LogP contribution in [0.25, 0.3) is 0 Å². The zero-order chi connectivity index (χ0) is 28.5. The highest BCUT2D eigenvalue weighted by molar-refractivity contribution is 6.04. The molecular weight excluding hydrogens is 510 g/mol. The predicted octanol–water partition coefficient (Wildman–Crippen LogP) is 2.92. The first-order valence-electron chi connectivity index (χ1n) is 14.2. The van der Waals surface area contributed by atoms with E-state index in [-0.39, 0.29) is 18.4 Å². The van der Waals surface area contributed by atoms with Crippen LogP contribution in [0.2, 0.25) is 0 Å². The van der Waals surface area contributed by atoms with Crippen LogP contribution in [0.3, 0.4) is 0 Å². The highest BCUT2D eigenvalue weighted by Crippen LogP contribution is 2.64. The van der Waals surface area contributed by atoms with Crippen molar-refractivity contribution in [2.45, 2.75) is 69.2 Å². The second kappa shape index (κ2) is 11.2. The van der Waals surface area contributed by atoms with Crippen LogP contribution in [0, 0.1) is 11.8 Å². The third-order valence-electron chi connectivity index (χ3n) is 8.97. The van der Waals surface area contributed by atoms with Gasteiger partial charge >= 0.3 is 0 Å². The molecule has 1 spiro atoms. The Morgan fingerprint density at radius 1 is 1.10 bits per heavy atom. The van der Waals surface area contributed by atoms with Gasteiger partial charge in [-0.15, -0.1) is 0 Å². The van der Waals surface area contributed by atoms with Crippen molar-refractivity contribution in [3.8, 4) is 5.75 Å². The molecule has 3 N–H and O–H groups in total. The Balaban J connectivity index is 1.56. The summed E-state index contributed by atoms with van der Waals surface area (Å²) < 4.78 is 12.0. The zero-order valence-electron chi connectivity index (χ0n) is 23.4. The molecule has 0 radical (unpaired) electrons. The number of nitrogens with zero attached hydrogens (tertiary/aromatic N) is 1. The SMILES string of the molecule is CCCNC(=O)[C@@H]1[C@H]2C(=O)N([C@@H](CO)Cc3ccccc3)C(C(=O)Nc3ccc(OC)cc3)C23CC[C@@]1(CC)O3. The van der Waals surface area contributed by atoms with Gasteiger partial charge in [0.25, 0.3) is 0 Å². The maximum Gasteiger partial charge on any atom is 0.250 e. The van der Waals surface area contributed by atoms with Crippen molar-refractivity contribution in [1.29, 1.82) is 0 Å². The summed E-state index contributed by atoms with van der Waals surface area (Å²) in [7, 11) is 1.57. The lowest BCUT2D eigenvalue weighted by molar-refractivity contribution is -0.149. The fraction of sp³-hybridized carbons (Fsp3) is 0.516. The maximum absolute atomic E-state index is 14.4. The number of rotatable bonds is 11. The highest BCUT2D eigenvalue weighted by atomic mass is 16.5. The van der Waals surface area contributed by atoms with Gasteiger partial charge in [0.1, 0.15) is 17.4 Å². The second-order valence-electron chi connectivity index (χ2n) is 11.1. The number of aliphatic hydroxyl groups is 1. The minimum Gasteiger partial charge on any atom is -0.497 e. The molecule has 3 aliphatic heterocycles. The van der Waals surface area contributed by atoms with E-state index < -0.39 is 41.0 Å². The molecule has 3 aliphatic rings. The standard InChI is InChI=1S/C31H39N3O6/c1-4-17-32-27(36)24-25-29(38)34(22(19-35)18-20-9-7-6-8-10-20)26(31(25)16-15-30(24,5-2)40-31)28(37)33-21-11-13-23(39-3)14-12-21/h6-14,22,24-26,35H,4-5,15-19H2,1-3H3,(H,32,36)(H,33,37)/t22-,24+,25+,26?,30-,31?/m1/s1. The van der Waals surface area contributed by atoms with E-state index in [4.69, 9.17) is 9.47 Å². The highest BCUT2D eigenvalue weighted by Gasteiger charge is 2.79.